The van der Waals surface area contributed by atoms with Gasteiger partial charge in [0, 0.05) is 59.4 Å². The first kappa shape index (κ1) is 45.1. The first-order valence-electron chi connectivity index (χ1n) is 16.7. The molecule has 0 aromatic carbocycles. The SMILES string of the molecule is CNC(=O)[C@@H](CS(=O)(=O)O)NC(=O)CN1CCN(CC(=O)OC(C)(C)C)CCN(CC(=O)OC(C)(C)C)CCN(CC(=O)OC(C)(C)C)CC1. The van der Waals surface area contributed by atoms with E-state index in [0.29, 0.717) is 39.3 Å². The van der Waals surface area contributed by atoms with Crippen molar-refractivity contribution in [3.8, 4) is 0 Å². The van der Waals surface area contributed by atoms with Gasteiger partial charge < -0.3 is 24.8 Å². The van der Waals surface area contributed by atoms with Gasteiger partial charge in [0.1, 0.15) is 28.6 Å². The van der Waals surface area contributed by atoms with Gasteiger partial charge in [0.2, 0.25) is 11.8 Å². The minimum absolute atomic E-state index is 0.0137. The monoisotopic (exact) mass is 736 g/mol. The molecule has 0 bridgehead atoms. The summed E-state index contributed by atoms with van der Waals surface area (Å²) in [5.41, 5.74) is -2.10. The standard InChI is InChI=1S/C32H60N6O11S/c1-30(2,3)47-26(40)20-36-13-11-35(19-25(39)34-24(29(43)33-10)23-50(44,45)46)12-14-37(21-27(41)48-31(4,5)6)16-18-38(17-15-36)22-28(42)49-32(7,8)9/h24H,11-23H2,1-10H3,(H,33,43)(H,34,39)(H,44,45,46)/t24-/m1/s1. The minimum Gasteiger partial charge on any atom is -0.459 e. The van der Waals surface area contributed by atoms with Gasteiger partial charge in [0.25, 0.3) is 10.1 Å². The number of carbonyl (C=O) groups excluding carboxylic acids is 5. The lowest BCUT2D eigenvalue weighted by atomic mass is 10.2. The zero-order valence-corrected chi connectivity index (χ0v) is 32.3. The molecule has 0 aliphatic carbocycles. The number of rotatable bonds is 12. The van der Waals surface area contributed by atoms with E-state index in [2.05, 4.69) is 10.6 Å². The summed E-state index contributed by atoms with van der Waals surface area (Å²) in [6, 6.07) is -1.53. The number of nitrogens with zero attached hydrogens (tertiary/aromatic N) is 4. The first-order chi connectivity index (χ1) is 22.7. The summed E-state index contributed by atoms with van der Waals surface area (Å²) >= 11 is 0. The smallest absolute Gasteiger partial charge is 0.320 e. The highest BCUT2D eigenvalue weighted by atomic mass is 32.2. The van der Waals surface area contributed by atoms with Gasteiger partial charge in [-0.2, -0.15) is 8.42 Å². The van der Waals surface area contributed by atoms with Gasteiger partial charge in [-0.1, -0.05) is 0 Å². The van der Waals surface area contributed by atoms with Crippen molar-refractivity contribution in [1.29, 1.82) is 0 Å². The number of ether oxygens (including phenoxy) is 3. The lowest BCUT2D eigenvalue weighted by Gasteiger charge is -2.34. The Balaban J connectivity index is 3.35. The van der Waals surface area contributed by atoms with Crippen molar-refractivity contribution in [2.45, 2.75) is 85.2 Å². The van der Waals surface area contributed by atoms with Gasteiger partial charge in [-0.3, -0.25) is 48.1 Å². The molecular formula is C32H60N6O11S. The Morgan fingerprint density at radius 1 is 0.600 bits per heavy atom. The summed E-state index contributed by atoms with van der Waals surface area (Å²) in [6.07, 6.45) is 0. The van der Waals surface area contributed by atoms with Crippen molar-refractivity contribution in [2.24, 2.45) is 0 Å². The molecule has 1 rings (SSSR count). The van der Waals surface area contributed by atoms with E-state index in [1.54, 1.807) is 67.2 Å². The largest absolute Gasteiger partial charge is 0.459 e. The Bertz CT molecular complexity index is 1210. The van der Waals surface area contributed by atoms with Crippen LogP contribution in [-0.4, -0.2) is 176 Å². The molecule has 2 amide bonds. The topological polar surface area (TPSA) is 204 Å². The molecule has 0 spiro atoms. The third-order valence-electron chi connectivity index (χ3n) is 6.89. The summed E-state index contributed by atoms with van der Waals surface area (Å²) in [7, 11) is -3.32. The van der Waals surface area contributed by atoms with E-state index in [4.69, 9.17) is 14.2 Å². The molecule has 1 atom stereocenters. The minimum atomic E-state index is -4.59. The molecule has 0 aromatic rings. The fraction of sp³-hybridized carbons (Fsp3) is 0.844. The third kappa shape index (κ3) is 22.0. The number of hydrogen-bond acceptors (Lipinski definition) is 14. The lowest BCUT2D eigenvalue weighted by Crippen LogP contribution is -2.53. The summed E-state index contributed by atoms with van der Waals surface area (Å²) in [4.78, 5) is 71.3. The number of carbonyl (C=O) groups is 5. The third-order valence-corrected chi connectivity index (χ3v) is 7.65. The molecule has 1 aliphatic heterocycles. The van der Waals surface area contributed by atoms with Crippen LogP contribution in [0.2, 0.25) is 0 Å². The van der Waals surface area contributed by atoms with Crippen LogP contribution in [0.5, 0.6) is 0 Å². The van der Waals surface area contributed by atoms with E-state index in [1.165, 1.54) is 7.05 Å². The summed E-state index contributed by atoms with van der Waals surface area (Å²) in [6.45, 7) is 18.1. The summed E-state index contributed by atoms with van der Waals surface area (Å²) in [5.74, 6) is -3.79. The molecule has 0 aromatic heterocycles. The quantitative estimate of drug-likeness (QED) is 0.129. The van der Waals surface area contributed by atoms with Gasteiger partial charge >= 0.3 is 17.9 Å². The second-order valence-electron chi connectivity index (χ2n) is 15.3. The average Bonchev–Trinajstić information content (AvgIpc) is 2.89. The molecule has 1 heterocycles. The Labute approximate surface area is 297 Å². The fourth-order valence-corrected chi connectivity index (χ4v) is 5.55. The Kier molecular flexibility index (Phi) is 17.7. The number of amides is 2. The van der Waals surface area contributed by atoms with Crippen LogP contribution in [0.4, 0.5) is 0 Å². The Morgan fingerprint density at radius 2 is 0.880 bits per heavy atom. The molecule has 1 saturated heterocycles. The van der Waals surface area contributed by atoms with Crippen LogP contribution in [0.25, 0.3) is 0 Å². The molecule has 17 nitrogen and oxygen atoms in total. The maximum atomic E-state index is 13.1. The summed E-state index contributed by atoms with van der Waals surface area (Å²) < 4.78 is 49.0. The molecule has 290 valence electrons. The van der Waals surface area contributed by atoms with Crippen molar-refractivity contribution < 1.29 is 51.2 Å². The van der Waals surface area contributed by atoms with Crippen molar-refractivity contribution in [3.63, 3.8) is 0 Å². The molecule has 0 saturated carbocycles. The van der Waals surface area contributed by atoms with Crippen molar-refractivity contribution in [3.05, 3.63) is 0 Å². The normalized spacial score (nSPS) is 17.8. The van der Waals surface area contributed by atoms with Gasteiger partial charge in [-0.05, 0) is 62.3 Å². The van der Waals surface area contributed by atoms with Gasteiger partial charge in [0.05, 0.1) is 26.2 Å². The van der Waals surface area contributed by atoms with Gasteiger partial charge in [-0.15, -0.1) is 0 Å². The van der Waals surface area contributed by atoms with Crippen LogP contribution in [-0.2, 0) is 48.3 Å². The molecule has 0 unspecified atom stereocenters. The van der Waals surface area contributed by atoms with Crippen LogP contribution in [0, 0.1) is 0 Å². The van der Waals surface area contributed by atoms with Crippen LogP contribution in [0.3, 0.4) is 0 Å². The second-order valence-corrected chi connectivity index (χ2v) is 16.8. The molecular weight excluding hydrogens is 676 g/mol. The van der Waals surface area contributed by atoms with E-state index in [-0.39, 0.29) is 39.3 Å². The molecule has 1 fully saturated rings. The number of nitrogens with one attached hydrogen (secondary N) is 2. The van der Waals surface area contributed by atoms with Gasteiger partial charge in [-0.25, -0.2) is 0 Å². The van der Waals surface area contributed by atoms with Crippen molar-refractivity contribution in [2.75, 3.05) is 91.3 Å². The van der Waals surface area contributed by atoms with Crippen LogP contribution in [0.15, 0.2) is 0 Å². The predicted molar refractivity (Wildman–Crippen MR) is 186 cm³/mol. The maximum Gasteiger partial charge on any atom is 0.320 e. The van der Waals surface area contributed by atoms with E-state index in [0.717, 1.165) is 0 Å². The maximum absolute atomic E-state index is 13.1. The van der Waals surface area contributed by atoms with E-state index >= 15 is 0 Å². The highest BCUT2D eigenvalue weighted by molar-refractivity contribution is 7.85. The second kappa shape index (κ2) is 19.6. The zero-order valence-electron chi connectivity index (χ0n) is 31.5. The Morgan fingerprint density at radius 3 is 1.12 bits per heavy atom. The zero-order chi connectivity index (χ0) is 38.5. The van der Waals surface area contributed by atoms with E-state index in [1.807, 2.05) is 14.7 Å². The highest BCUT2D eigenvalue weighted by Gasteiger charge is 2.28. The molecule has 50 heavy (non-hydrogen) atoms. The van der Waals surface area contributed by atoms with Crippen LogP contribution in [0.1, 0.15) is 62.3 Å². The number of likely N-dealkylation sites (N-methyl/N-ethyl adjacent to an activating group) is 1. The van der Waals surface area contributed by atoms with Gasteiger partial charge in [0.15, 0.2) is 0 Å². The van der Waals surface area contributed by atoms with E-state index < -0.39 is 68.4 Å². The molecule has 3 N–H and O–H groups in total. The summed E-state index contributed by atoms with van der Waals surface area (Å²) in [5, 5.41) is 4.65. The fourth-order valence-electron chi connectivity index (χ4n) is 4.89. The number of esters is 3. The average molecular weight is 737 g/mol. The number of hydrogen-bond donors (Lipinski definition) is 3. The van der Waals surface area contributed by atoms with Crippen molar-refractivity contribution >= 4 is 39.8 Å². The first-order valence-corrected chi connectivity index (χ1v) is 18.4. The highest BCUT2D eigenvalue weighted by Crippen LogP contribution is 2.11. The lowest BCUT2D eigenvalue weighted by molar-refractivity contribution is -0.158. The van der Waals surface area contributed by atoms with Crippen LogP contribution < -0.4 is 10.6 Å². The predicted octanol–water partition coefficient (Wildman–Crippen LogP) is -0.648. The van der Waals surface area contributed by atoms with Crippen molar-refractivity contribution in [1.82, 2.24) is 30.2 Å². The van der Waals surface area contributed by atoms with Crippen LogP contribution >= 0.6 is 0 Å². The molecule has 18 heteroatoms. The molecule has 1 aliphatic rings. The Hall–Kier alpha value is -2.90. The van der Waals surface area contributed by atoms with E-state index in [9.17, 15) is 36.9 Å². The molecule has 0 radical (unpaired) electrons.